The Labute approximate surface area is 418 Å². The number of anilines is 1. The quantitative estimate of drug-likeness (QED) is 0.0228. The van der Waals surface area contributed by atoms with E-state index in [4.69, 9.17) is 10.6 Å². The number of carbonyl (C=O) groups is 1. The van der Waals surface area contributed by atoms with E-state index in [2.05, 4.69) is 5.43 Å². The van der Waals surface area contributed by atoms with Crippen LogP contribution in [0.4, 0.5) is 11.4 Å². The number of benzene rings is 4. The third-order valence-corrected chi connectivity index (χ3v) is 16.9. The number of carbonyl (C=O) groups excluding carboxylic acids is 1. The number of amides is 1. The highest BCUT2D eigenvalue weighted by molar-refractivity contribution is 7.87. The van der Waals surface area contributed by atoms with Gasteiger partial charge in [-0.2, -0.15) is 4.58 Å². The number of rotatable bonds is 21. The standard InChI is InChI=1S/C46H54N4O17S5/c1-45(2)40(49(22-12-8-11-16-42(51)48-47)36-19-17-32-34(43(36)45)26-30(69(55,56)57)28-38(32)71(61,62)63)14-9-6-5-7-10-15-41-46(3,21-13-25-68(52,53)54)44-35-27-31(70(58,59)60)29-39(72(64,65)66)33(35)18-20-37(44)50(41)23-24-67-4/h5-7,9-10,14-15,17-20,26-29H,8,11-13,16,21-25,47H2,1-4H3,(H5-,48,51,52,53,54,55,56,57,58,59,60,61,62,63,64,65,66)/p-4. The van der Waals surface area contributed by atoms with E-state index in [0.717, 1.165) is 12.1 Å². The number of hydrazine groups is 1. The summed E-state index contributed by atoms with van der Waals surface area (Å²) in [7, 11) is -24.5. The van der Waals surface area contributed by atoms with Crippen LogP contribution in [0, 0.1) is 0 Å². The summed E-state index contributed by atoms with van der Waals surface area (Å²) in [6.07, 6.45) is 13.3. The van der Waals surface area contributed by atoms with Crippen LogP contribution in [-0.2, 0) is 71.0 Å². The first kappa shape index (κ1) is 56.1. The molecule has 0 fully saturated rings. The zero-order valence-electron chi connectivity index (χ0n) is 39.2. The summed E-state index contributed by atoms with van der Waals surface area (Å²) in [4.78, 5) is 9.82. The second-order valence-electron chi connectivity index (χ2n) is 17.8. The molecule has 3 N–H and O–H groups in total. The predicted molar refractivity (Wildman–Crippen MR) is 259 cm³/mol. The van der Waals surface area contributed by atoms with Crippen LogP contribution >= 0.6 is 0 Å². The fourth-order valence-electron chi connectivity index (χ4n) is 9.65. The minimum Gasteiger partial charge on any atom is -0.748 e. The average molecular weight is 1090 g/mol. The highest BCUT2D eigenvalue weighted by atomic mass is 32.2. The van der Waals surface area contributed by atoms with E-state index in [1.165, 1.54) is 25.3 Å². The van der Waals surface area contributed by atoms with Crippen molar-refractivity contribution in [2.75, 3.05) is 37.5 Å². The second kappa shape index (κ2) is 20.9. The van der Waals surface area contributed by atoms with E-state index in [-0.39, 0.29) is 65.4 Å². The SMILES string of the molecule is COCCN1/C(=C/C=C/C=C/C=C/C2=[N+](CCCCCC(=O)NN)c3ccc4c(S(=O)(=O)[O-])cc(S(=O)(=O)[O-])cc4c3C2(C)C)C(C)(CCCS(=O)(=O)[O-])c2c1ccc1c(S(=O)(=O)[O-])cc(S(=O)(=O)[O-])cc21. The molecule has 0 saturated heterocycles. The molecule has 2 aliphatic heterocycles. The molecule has 0 saturated carbocycles. The first-order chi connectivity index (χ1) is 33.4. The van der Waals surface area contributed by atoms with Gasteiger partial charge in [0.1, 0.15) is 47.0 Å². The van der Waals surface area contributed by atoms with Crippen molar-refractivity contribution in [1.29, 1.82) is 0 Å². The van der Waals surface area contributed by atoms with Gasteiger partial charge in [0.25, 0.3) is 0 Å². The summed E-state index contributed by atoms with van der Waals surface area (Å²) in [5, 5.41) is -0.272. The average Bonchev–Trinajstić information content (AvgIpc) is 3.64. The Morgan fingerprint density at radius 2 is 1.25 bits per heavy atom. The van der Waals surface area contributed by atoms with E-state index >= 15 is 0 Å². The van der Waals surface area contributed by atoms with Crippen molar-refractivity contribution in [3.63, 3.8) is 0 Å². The first-order valence-electron chi connectivity index (χ1n) is 22.0. The van der Waals surface area contributed by atoms with Gasteiger partial charge in [0.15, 0.2) is 5.71 Å². The zero-order valence-corrected chi connectivity index (χ0v) is 43.3. The number of nitrogens with one attached hydrogen (secondary N) is 1. The van der Waals surface area contributed by atoms with Crippen molar-refractivity contribution in [3.05, 3.63) is 108 Å². The summed E-state index contributed by atoms with van der Waals surface area (Å²) in [6.45, 7) is 5.93. The lowest BCUT2D eigenvalue weighted by Crippen LogP contribution is -2.31. The van der Waals surface area contributed by atoms with Gasteiger partial charge in [0, 0.05) is 72.1 Å². The fourth-order valence-corrected chi connectivity index (χ4v) is 12.8. The van der Waals surface area contributed by atoms with E-state index in [1.807, 2.05) is 4.58 Å². The number of unbranched alkanes of at least 4 members (excludes halogenated alkanes) is 2. The van der Waals surface area contributed by atoms with Gasteiger partial charge in [-0.05, 0) is 111 Å². The van der Waals surface area contributed by atoms with Crippen molar-refractivity contribution in [3.8, 4) is 0 Å². The Morgan fingerprint density at radius 3 is 1.79 bits per heavy atom. The molecule has 0 bridgehead atoms. The lowest BCUT2D eigenvalue weighted by atomic mass is 9.75. The van der Waals surface area contributed by atoms with E-state index in [1.54, 1.807) is 74.3 Å². The molecule has 0 aliphatic carbocycles. The first-order valence-corrected chi connectivity index (χ1v) is 29.2. The number of hydrogen-bond donors (Lipinski definition) is 2. The number of ether oxygens (including phenoxy) is 1. The van der Waals surface area contributed by atoms with E-state index in [0.29, 0.717) is 66.3 Å². The Hall–Kier alpha value is -5.23. The molecule has 1 unspecified atom stereocenters. The molecule has 1 amide bonds. The minimum atomic E-state index is -5.36. The highest BCUT2D eigenvalue weighted by Crippen LogP contribution is 2.54. The molecule has 21 nitrogen and oxygen atoms in total. The van der Waals surface area contributed by atoms with Gasteiger partial charge >= 0.3 is 0 Å². The summed E-state index contributed by atoms with van der Waals surface area (Å²) < 4.78 is 191. The molecule has 26 heteroatoms. The van der Waals surface area contributed by atoms with Crippen LogP contribution in [0.3, 0.4) is 0 Å². The minimum absolute atomic E-state index is 0.0657. The molecular weight excluding hydrogens is 1040 g/mol. The van der Waals surface area contributed by atoms with Crippen molar-refractivity contribution < 1.29 is 79.0 Å². The Bertz CT molecular complexity index is 3600. The van der Waals surface area contributed by atoms with E-state index in [9.17, 15) is 69.6 Å². The Balaban J connectivity index is 1.43. The summed E-state index contributed by atoms with van der Waals surface area (Å²) in [5.41, 5.74) is 2.56. The van der Waals surface area contributed by atoms with Crippen LogP contribution in [-0.4, -0.2) is 114 Å². The van der Waals surface area contributed by atoms with Crippen LogP contribution in [0.15, 0.2) is 116 Å². The van der Waals surface area contributed by atoms with Gasteiger partial charge < -0.3 is 32.4 Å². The Morgan fingerprint density at radius 1 is 0.694 bits per heavy atom. The van der Waals surface area contributed by atoms with E-state index < -0.39 is 86.8 Å². The van der Waals surface area contributed by atoms with Crippen LogP contribution in [0.5, 0.6) is 0 Å². The third kappa shape index (κ3) is 11.9. The van der Waals surface area contributed by atoms with Gasteiger partial charge in [-0.1, -0.05) is 36.4 Å². The molecule has 2 heterocycles. The van der Waals surface area contributed by atoms with Crippen molar-refractivity contribution in [2.45, 2.75) is 89.7 Å². The highest BCUT2D eigenvalue weighted by Gasteiger charge is 2.47. The normalized spacial score (nSPS) is 18.2. The topological polar surface area (TPSA) is 357 Å². The maximum absolute atomic E-state index is 12.5. The second-order valence-corrected chi connectivity index (χ2v) is 24.8. The molecule has 4 aromatic carbocycles. The fraction of sp³-hybridized carbons (Fsp3) is 0.348. The molecular formula is C46H50N4O17S5-4. The number of allylic oxidation sites excluding steroid dienone is 8. The third-order valence-electron chi connectivity index (χ3n) is 12.7. The maximum Gasteiger partial charge on any atom is 0.233 e. The number of methoxy groups -OCH3 is 1. The van der Waals surface area contributed by atoms with Gasteiger partial charge in [-0.15, -0.1) is 0 Å². The van der Waals surface area contributed by atoms with Crippen LogP contribution < -0.4 is 16.2 Å². The summed E-state index contributed by atoms with van der Waals surface area (Å²) in [6, 6.07) is 8.87. The molecule has 1 atom stereocenters. The summed E-state index contributed by atoms with van der Waals surface area (Å²) >= 11 is 0. The monoisotopic (exact) mass is 1090 g/mol. The largest absolute Gasteiger partial charge is 0.748 e. The molecule has 6 rings (SSSR count). The van der Waals surface area contributed by atoms with Crippen LogP contribution in [0.2, 0.25) is 0 Å². The van der Waals surface area contributed by atoms with Crippen molar-refractivity contribution in [2.24, 2.45) is 5.84 Å². The van der Waals surface area contributed by atoms with Crippen LogP contribution in [0.1, 0.15) is 70.4 Å². The maximum atomic E-state index is 12.5. The van der Waals surface area contributed by atoms with Crippen LogP contribution in [0.25, 0.3) is 21.5 Å². The number of nitrogens with two attached hydrogens (primary N) is 1. The molecule has 4 aromatic rings. The number of nitrogens with zero attached hydrogens (tertiary/aromatic N) is 2. The summed E-state index contributed by atoms with van der Waals surface area (Å²) in [5.74, 6) is 4.10. The predicted octanol–water partition coefficient (Wildman–Crippen LogP) is 3.84. The molecule has 72 heavy (non-hydrogen) atoms. The van der Waals surface area contributed by atoms with Gasteiger partial charge in [-0.25, -0.2) is 47.9 Å². The van der Waals surface area contributed by atoms with Gasteiger partial charge in [0.2, 0.25) is 11.6 Å². The molecule has 0 spiro atoms. The number of fused-ring (bicyclic) bond motifs is 6. The zero-order chi connectivity index (χ0) is 53.4. The van der Waals surface area contributed by atoms with Crippen molar-refractivity contribution in [1.82, 2.24) is 5.43 Å². The molecule has 0 radical (unpaired) electrons. The lowest BCUT2D eigenvalue weighted by molar-refractivity contribution is -0.438. The van der Waals surface area contributed by atoms with Gasteiger partial charge in [-0.3, -0.25) is 10.2 Å². The van der Waals surface area contributed by atoms with Crippen molar-refractivity contribution >= 4 is 95.1 Å². The smallest absolute Gasteiger partial charge is 0.233 e. The van der Waals surface area contributed by atoms with Gasteiger partial charge in [0.05, 0.1) is 41.7 Å². The molecule has 390 valence electrons. The molecule has 2 aliphatic rings. The Kier molecular flexibility index (Phi) is 16.3. The number of hydrogen-bond acceptors (Lipinski definition) is 19. The molecule has 0 aromatic heterocycles. The lowest BCUT2D eigenvalue weighted by Gasteiger charge is -2.31.